The van der Waals surface area contributed by atoms with Gasteiger partial charge in [0.25, 0.3) is 5.91 Å². The number of thiazole rings is 1. The summed E-state index contributed by atoms with van der Waals surface area (Å²) < 4.78 is 0. The molecule has 0 atom stereocenters. The predicted molar refractivity (Wildman–Crippen MR) is 105 cm³/mol. The zero-order valence-electron chi connectivity index (χ0n) is 14.7. The molecule has 3 aromatic rings. The van der Waals surface area contributed by atoms with E-state index in [-0.39, 0.29) is 18.1 Å². The molecule has 0 aliphatic heterocycles. The molecule has 2 amide bonds. The number of anilines is 2. The summed E-state index contributed by atoms with van der Waals surface area (Å²) in [5.41, 5.74) is 3.06. The van der Waals surface area contributed by atoms with Crippen molar-refractivity contribution in [3.05, 3.63) is 71.0 Å². The normalized spacial score (nSPS) is 10.3. The zero-order chi connectivity index (χ0) is 19.1. The molecule has 0 saturated heterocycles. The molecule has 2 aromatic heterocycles. The molecular weight excluding hydrogens is 362 g/mol. The van der Waals surface area contributed by atoms with Gasteiger partial charge in [0, 0.05) is 17.3 Å². The lowest BCUT2D eigenvalue weighted by molar-refractivity contribution is -0.120. The number of carbonyl (C=O) groups is 2. The lowest BCUT2D eigenvalue weighted by Gasteiger charge is -2.05. The number of rotatable bonds is 7. The molecular formula is C19H19N5O2S. The number of pyridine rings is 1. The predicted octanol–water partition coefficient (Wildman–Crippen LogP) is 2.64. The summed E-state index contributed by atoms with van der Waals surface area (Å²) in [6.07, 6.45) is 1.66. The van der Waals surface area contributed by atoms with Crippen LogP contribution in [-0.4, -0.2) is 28.3 Å². The Morgan fingerprint density at radius 1 is 1.11 bits per heavy atom. The quantitative estimate of drug-likeness (QED) is 0.585. The molecule has 0 unspecified atom stereocenters. The lowest BCUT2D eigenvalue weighted by Crippen LogP contribution is -2.36. The molecule has 27 heavy (non-hydrogen) atoms. The van der Waals surface area contributed by atoms with E-state index in [1.807, 2.05) is 49.4 Å². The highest BCUT2D eigenvalue weighted by atomic mass is 32.1. The van der Waals surface area contributed by atoms with Gasteiger partial charge in [-0.1, -0.05) is 18.2 Å². The Morgan fingerprint density at radius 2 is 2.00 bits per heavy atom. The van der Waals surface area contributed by atoms with Gasteiger partial charge in [-0.3, -0.25) is 14.6 Å². The van der Waals surface area contributed by atoms with Gasteiger partial charge in [0.15, 0.2) is 5.13 Å². The third-order valence-corrected chi connectivity index (χ3v) is 4.37. The number of aromatic nitrogens is 2. The lowest BCUT2D eigenvalue weighted by atomic mass is 10.2. The molecule has 0 aliphatic carbocycles. The fourth-order valence-corrected chi connectivity index (χ4v) is 3.00. The molecule has 0 radical (unpaired) electrons. The average Bonchev–Trinajstić information content (AvgIpc) is 3.14. The summed E-state index contributed by atoms with van der Waals surface area (Å²) in [5, 5.41) is 10.7. The maximum absolute atomic E-state index is 12.2. The summed E-state index contributed by atoms with van der Waals surface area (Å²) in [6, 6.07) is 13.3. The van der Waals surface area contributed by atoms with E-state index in [9.17, 15) is 9.59 Å². The SMILES string of the molecule is Cc1cccc(Nc2nc(C(=O)NCC(=O)NCc3ccccn3)cs2)c1. The van der Waals surface area contributed by atoms with E-state index in [1.165, 1.54) is 11.3 Å². The van der Waals surface area contributed by atoms with Crippen LogP contribution >= 0.6 is 11.3 Å². The van der Waals surface area contributed by atoms with Crippen LogP contribution in [0.5, 0.6) is 0 Å². The van der Waals surface area contributed by atoms with Gasteiger partial charge in [-0.2, -0.15) is 0 Å². The Bertz CT molecular complexity index is 927. The van der Waals surface area contributed by atoms with Crippen molar-refractivity contribution in [1.82, 2.24) is 20.6 Å². The zero-order valence-corrected chi connectivity index (χ0v) is 15.5. The Kier molecular flexibility index (Phi) is 6.11. The highest BCUT2D eigenvalue weighted by molar-refractivity contribution is 7.14. The molecule has 7 nitrogen and oxygen atoms in total. The number of amides is 2. The summed E-state index contributed by atoms with van der Waals surface area (Å²) in [6.45, 7) is 2.20. The number of hydrogen-bond donors (Lipinski definition) is 3. The van der Waals surface area contributed by atoms with Crippen LogP contribution in [0, 0.1) is 6.92 Å². The maximum Gasteiger partial charge on any atom is 0.271 e. The molecule has 3 rings (SSSR count). The average molecular weight is 381 g/mol. The smallest absolute Gasteiger partial charge is 0.271 e. The minimum absolute atomic E-state index is 0.121. The van der Waals surface area contributed by atoms with E-state index in [4.69, 9.17) is 0 Å². The maximum atomic E-state index is 12.2. The summed E-state index contributed by atoms with van der Waals surface area (Å²) in [7, 11) is 0. The Labute approximate surface area is 160 Å². The standard InChI is InChI=1S/C19H19N5O2S/c1-13-5-4-7-14(9-13)23-19-24-16(12-27-19)18(26)22-11-17(25)21-10-15-6-2-3-8-20-15/h2-9,12H,10-11H2,1H3,(H,21,25)(H,22,26)(H,23,24). The third-order valence-electron chi connectivity index (χ3n) is 3.61. The van der Waals surface area contributed by atoms with Crippen molar-refractivity contribution in [2.45, 2.75) is 13.5 Å². The molecule has 138 valence electrons. The summed E-state index contributed by atoms with van der Waals surface area (Å²) in [4.78, 5) is 32.4. The van der Waals surface area contributed by atoms with Crippen molar-refractivity contribution in [2.75, 3.05) is 11.9 Å². The summed E-state index contributed by atoms with van der Waals surface area (Å²) in [5.74, 6) is -0.682. The molecule has 3 N–H and O–H groups in total. The number of aryl methyl sites for hydroxylation is 1. The number of benzene rings is 1. The topological polar surface area (TPSA) is 96.0 Å². The molecule has 8 heteroatoms. The van der Waals surface area contributed by atoms with E-state index in [0.29, 0.717) is 11.7 Å². The second-order valence-electron chi connectivity index (χ2n) is 5.81. The van der Waals surface area contributed by atoms with Crippen LogP contribution < -0.4 is 16.0 Å². The van der Waals surface area contributed by atoms with E-state index in [2.05, 4.69) is 25.9 Å². The molecule has 1 aromatic carbocycles. The van der Waals surface area contributed by atoms with Crippen molar-refractivity contribution >= 4 is 34.0 Å². The minimum Gasteiger partial charge on any atom is -0.349 e. The largest absolute Gasteiger partial charge is 0.349 e. The van der Waals surface area contributed by atoms with Crippen molar-refractivity contribution < 1.29 is 9.59 Å². The fourth-order valence-electron chi connectivity index (χ4n) is 2.29. The van der Waals surface area contributed by atoms with Gasteiger partial charge < -0.3 is 16.0 Å². The van der Waals surface area contributed by atoms with E-state index in [1.54, 1.807) is 11.6 Å². The highest BCUT2D eigenvalue weighted by Crippen LogP contribution is 2.21. The fraction of sp³-hybridized carbons (Fsp3) is 0.158. The van der Waals surface area contributed by atoms with Gasteiger partial charge in [0.2, 0.25) is 5.91 Å². The van der Waals surface area contributed by atoms with Gasteiger partial charge in [0.05, 0.1) is 18.8 Å². The highest BCUT2D eigenvalue weighted by Gasteiger charge is 2.12. The van der Waals surface area contributed by atoms with Crippen LogP contribution in [-0.2, 0) is 11.3 Å². The molecule has 2 heterocycles. The first kappa shape index (κ1) is 18.5. The van der Waals surface area contributed by atoms with Crippen LogP contribution in [0.1, 0.15) is 21.7 Å². The molecule has 0 spiro atoms. The van der Waals surface area contributed by atoms with Gasteiger partial charge in [0.1, 0.15) is 5.69 Å². The van der Waals surface area contributed by atoms with Crippen molar-refractivity contribution in [1.29, 1.82) is 0 Å². The number of hydrogen-bond acceptors (Lipinski definition) is 6. The van der Waals surface area contributed by atoms with Crippen LogP contribution in [0.25, 0.3) is 0 Å². The Hall–Kier alpha value is -3.26. The third kappa shape index (κ3) is 5.61. The Morgan fingerprint density at radius 3 is 2.78 bits per heavy atom. The first-order valence-electron chi connectivity index (χ1n) is 8.34. The number of nitrogens with zero attached hydrogens (tertiary/aromatic N) is 2. The first-order valence-corrected chi connectivity index (χ1v) is 9.22. The Balaban J connectivity index is 1.47. The van der Waals surface area contributed by atoms with Gasteiger partial charge in [-0.05, 0) is 36.8 Å². The van der Waals surface area contributed by atoms with E-state index in [0.717, 1.165) is 16.9 Å². The first-order chi connectivity index (χ1) is 13.1. The van der Waals surface area contributed by atoms with Crippen LogP contribution in [0.3, 0.4) is 0 Å². The van der Waals surface area contributed by atoms with Gasteiger partial charge in [-0.15, -0.1) is 11.3 Å². The van der Waals surface area contributed by atoms with Crippen molar-refractivity contribution in [3.63, 3.8) is 0 Å². The van der Waals surface area contributed by atoms with Crippen LogP contribution in [0.15, 0.2) is 54.0 Å². The van der Waals surface area contributed by atoms with E-state index >= 15 is 0 Å². The number of carbonyl (C=O) groups excluding carboxylic acids is 2. The molecule has 0 aliphatic rings. The number of nitrogens with one attached hydrogen (secondary N) is 3. The molecule has 0 bridgehead atoms. The second kappa shape index (κ2) is 8.91. The molecule has 0 saturated carbocycles. The van der Waals surface area contributed by atoms with Crippen molar-refractivity contribution in [3.8, 4) is 0 Å². The van der Waals surface area contributed by atoms with Gasteiger partial charge in [-0.25, -0.2) is 4.98 Å². The second-order valence-corrected chi connectivity index (χ2v) is 6.67. The minimum atomic E-state index is -0.392. The molecule has 0 fully saturated rings. The van der Waals surface area contributed by atoms with Crippen LogP contribution in [0.4, 0.5) is 10.8 Å². The summed E-state index contributed by atoms with van der Waals surface area (Å²) >= 11 is 1.33. The van der Waals surface area contributed by atoms with Crippen LogP contribution in [0.2, 0.25) is 0 Å². The van der Waals surface area contributed by atoms with Crippen molar-refractivity contribution in [2.24, 2.45) is 0 Å². The van der Waals surface area contributed by atoms with E-state index < -0.39 is 5.91 Å². The van der Waals surface area contributed by atoms with Gasteiger partial charge >= 0.3 is 0 Å². The monoisotopic (exact) mass is 381 g/mol.